The summed E-state index contributed by atoms with van der Waals surface area (Å²) in [7, 11) is 0. The maximum absolute atomic E-state index is 12.5. The fraction of sp³-hybridized carbons (Fsp3) is 0.308. The highest BCUT2D eigenvalue weighted by Gasteiger charge is 2.31. The molecular weight excluding hydrogens is 296 g/mol. The topological polar surface area (TPSA) is 107 Å². The summed E-state index contributed by atoms with van der Waals surface area (Å²) in [6, 6.07) is 6.29. The number of hydrogen-bond acceptors (Lipinski definition) is 5. The number of nitrogens with zero attached hydrogens (tertiary/aromatic N) is 1. The smallest absolute Gasteiger partial charge is 0.323 e. The molecule has 1 aliphatic rings. The highest BCUT2D eigenvalue weighted by Crippen LogP contribution is 2.33. The van der Waals surface area contributed by atoms with E-state index in [4.69, 9.17) is 10.2 Å². The van der Waals surface area contributed by atoms with E-state index < -0.39 is 30.4 Å². The average Bonchev–Trinajstić information content (AvgIpc) is 2.55. The Labute approximate surface area is 124 Å². The first-order chi connectivity index (χ1) is 9.99. The SMILES string of the molecule is O=C(O)CNC1CSc2ccccc2N(CC(=O)O)C1=O. The summed E-state index contributed by atoms with van der Waals surface area (Å²) in [6.45, 7) is -0.810. The quantitative estimate of drug-likeness (QED) is 0.715. The number of amides is 1. The van der Waals surface area contributed by atoms with E-state index >= 15 is 0 Å². The lowest BCUT2D eigenvalue weighted by molar-refractivity contribution is -0.138. The molecule has 112 valence electrons. The highest BCUT2D eigenvalue weighted by atomic mass is 32.2. The van der Waals surface area contributed by atoms with Gasteiger partial charge in [-0.05, 0) is 12.1 Å². The molecule has 1 unspecified atom stereocenters. The molecule has 0 saturated heterocycles. The minimum absolute atomic E-state index is 0.346. The number of carboxylic acid groups (broad SMARTS) is 2. The highest BCUT2D eigenvalue weighted by molar-refractivity contribution is 7.99. The van der Waals surface area contributed by atoms with Crippen LogP contribution >= 0.6 is 11.8 Å². The molecule has 0 radical (unpaired) electrons. The number of nitrogens with one attached hydrogen (secondary N) is 1. The first-order valence-corrected chi connectivity index (χ1v) is 7.18. The second-order valence-electron chi connectivity index (χ2n) is 4.42. The first kappa shape index (κ1) is 15.3. The van der Waals surface area contributed by atoms with Crippen LogP contribution in [0.2, 0.25) is 0 Å². The molecule has 1 aromatic carbocycles. The molecule has 2 rings (SSSR count). The van der Waals surface area contributed by atoms with Crippen molar-refractivity contribution >= 4 is 35.3 Å². The van der Waals surface area contributed by atoms with Crippen LogP contribution in [-0.4, -0.2) is 52.9 Å². The summed E-state index contributed by atoms with van der Waals surface area (Å²) < 4.78 is 0. The molecule has 8 heteroatoms. The summed E-state index contributed by atoms with van der Waals surface area (Å²) >= 11 is 1.39. The van der Waals surface area contributed by atoms with Crippen LogP contribution in [0.25, 0.3) is 0 Å². The van der Waals surface area contributed by atoms with E-state index in [1.165, 1.54) is 16.7 Å². The molecule has 1 aliphatic heterocycles. The summed E-state index contributed by atoms with van der Waals surface area (Å²) in [6.07, 6.45) is 0. The number of carbonyl (C=O) groups excluding carboxylic acids is 1. The Bertz CT molecular complexity index is 577. The lowest BCUT2D eigenvalue weighted by Crippen LogP contribution is -2.50. The fourth-order valence-electron chi connectivity index (χ4n) is 2.01. The molecular formula is C13H14N2O5S. The average molecular weight is 310 g/mol. The summed E-state index contributed by atoms with van der Waals surface area (Å²) in [5.41, 5.74) is 0.537. The summed E-state index contributed by atoms with van der Waals surface area (Å²) in [4.78, 5) is 36.0. The standard InChI is InChI=1S/C13H14N2O5S/c16-11(17)5-14-8-7-21-10-4-2-1-3-9(10)15(13(8)20)6-12(18)19/h1-4,8,14H,5-7H2,(H,16,17)(H,18,19). The van der Waals surface area contributed by atoms with Gasteiger partial charge < -0.3 is 10.2 Å². The number of aliphatic carboxylic acids is 2. The first-order valence-electron chi connectivity index (χ1n) is 6.19. The fourth-order valence-corrected chi connectivity index (χ4v) is 3.12. The number of thioether (sulfide) groups is 1. The maximum Gasteiger partial charge on any atom is 0.323 e. The zero-order chi connectivity index (χ0) is 15.4. The summed E-state index contributed by atoms with van der Waals surface area (Å²) in [5.74, 6) is -2.28. The third-order valence-electron chi connectivity index (χ3n) is 2.92. The zero-order valence-corrected chi connectivity index (χ0v) is 11.8. The van der Waals surface area contributed by atoms with Crippen molar-refractivity contribution in [3.05, 3.63) is 24.3 Å². The van der Waals surface area contributed by atoms with Gasteiger partial charge in [-0.15, -0.1) is 11.8 Å². The van der Waals surface area contributed by atoms with Crippen molar-refractivity contribution < 1.29 is 24.6 Å². The Morgan fingerprint density at radius 3 is 2.67 bits per heavy atom. The van der Waals surface area contributed by atoms with Crippen LogP contribution in [-0.2, 0) is 14.4 Å². The van der Waals surface area contributed by atoms with Gasteiger partial charge in [0.25, 0.3) is 0 Å². The van der Waals surface area contributed by atoms with E-state index in [2.05, 4.69) is 5.32 Å². The third-order valence-corrected chi connectivity index (χ3v) is 4.07. The number of para-hydroxylation sites is 1. The molecule has 0 bridgehead atoms. The maximum atomic E-state index is 12.5. The molecule has 1 heterocycles. The predicted octanol–water partition coefficient (Wildman–Crippen LogP) is 0.253. The number of carbonyl (C=O) groups is 3. The van der Waals surface area contributed by atoms with Crippen molar-refractivity contribution in [2.45, 2.75) is 10.9 Å². The van der Waals surface area contributed by atoms with Crippen LogP contribution in [0.3, 0.4) is 0 Å². The van der Waals surface area contributed by atoms with Gasteiger partial charge in [0.05, 0.1) is 18.3 Å². The van der Waals surface area contributed by atoms with E-state index in [0.717, 1.165) is 4.90 Å². The number of carboxylic acids is 2. The minimum Gasteiger partial charge on any atom is -0.480 e. The van der Waals surface area contributed by atoms with E-state index in [-0.39, 0.29) is 6.54 Å². The predicted molar refractivity (Wildman–Crippen MR) is 76.6 cm³/mol. The Hall–Kier alpha value is -2.06. The van der Waals surface area contributed by atoms with Gasteiger partial charge >= 0.3 is 11.9 Å². The zero-order valence-electron chi connectivity index (χ0n) is 11.0. The molecule has 0 aliphatic carbocycles. The Morgan fingerprint density at radius 2 is 2.00 bits per heavy atom. The van der Waals surface area contributed by atoms with Gasteiger partial charge in [-0.25, -0.2) is 0 Å². The molecule has 0 spiro atoms. The van der Waals surface area contributed by atoms with E-state index in [1.807, 2.05) is 6.07 Å². The molecule has 1 aromatic rings. The number of fused-ring (bicyclic) bond motifs is 1. The van der Waals surface area contributed by atoms with E-state index in [0.29, 0.717) is 11.4 Å². The lowest BCUT2D eigenvalue weighted by atomic mass is 10.2. The number of hydrogen-bond donors (Lipinski definition) is 3. The van der Waals surface area contributed by atoms with Crippen LogP contribution in [0.15, 0.2) is 29.2 Å². The molecule has 3 N–H and O–H groups in total. The number of anilines is 1. The van der Waals surface area contributed by atoms with Crippen LogP contribution in [0.5, 0.6) is 0 Å². The third kappa shape index (κ3) is 3.73. The Kier molecular flexibility index (Phi) is 4.81. The minimum atomic E-state index is -1.12. The van der Waals surface area contributed by atoms with E-state index in [9.17, 15) is 14.4 Å². The van der Waals surface area contributed by atoms with Crippen molar-refractivity contribution in [1.82, 2.24) is 5.32 Å². The van der Waals surface area contributed by atoms with Crippen LogP contribution < -0.4 is 10.2 Å². The molecule has 7 nitrogen and oxygen atoms in total. The van der Waals surface area contributed by atoms with Crippen molar-refractivity contribution in [2.24, 2.45) is 0 Å². The van der Waals surface area contributed by atoms with Crippen molar-refractivity contribution in [2.75, 3.05) is 23.7 Å². The van der Waals surface area contributed by atoms with Crippen LogP contribution in [0.4, 0.5) is 5.69 Å². The van der Waals surface area contributed by atoms with Gasteiger partial charge in [0.15, 0.2) is 0 Å². The van der Waals surface area contributed by atoms with Gasteiger partial charge in [-0.1, -0.05) is 12.1 Å². The lowest BCUT2D eigenvalue weighted by Gasteiger charge is -2.23. The van der Waals surface area contributed by atoms with Gasteiger partial charge in [0.1, 0.15) is 6.54 Å². The van der Waals surface area contributed by atoms with Gasteiger partial charge in [-0.2, -0.15) is 0 Å². The van der Waals surface area contributed by atoms with Crippen molar-refractivity contribution in [3.63, 3.8) is 0 Å². The monoisotopic (exact) mass is 310 g/mol. The molecule has 0 fully saturated rings. The van der Waals surface area contributed by atoms with Crippen LogP contribution in [0.1, 0.15) is 0 Å². The molecule has 1 atom stereocenters. The molecule has 21 heavy (non-hydrogen) atoms. The second-order valence-corrected chi connectivity index (χ2v) is 5.49. The van der Waals surface area contributed by atoms with Gasteiger partial charge in [-0.3, -0.25) is 24.6 Å². The van der Waals surface area contributed by atoms with Crippen LogP contribution in [0, 0.1) is 0 Å². The summed E-state index contributed by atoms with van der Waals surface area (Å²) in [5, 5.41) is 20.3. The van der Waals surface area contributed by atoms with Gasteiger partial charge in [0, 0.05) is 10.6 Å². The Morgan fingerprint density at radius 1 is 1.29 bits per heavy atom. The second kappa shape index (κ2) is 6.59. The largest absolute Gasteiger partial charge is 0.480 e. The molecule has 0 aromatic heterocycles. The van der Waals surface area contributed by atoms with Gasteiger partial charge in [0.2, 0.25) is 5.91 Å². The van der Waals surface area contributed by atoms with Crippen molar-refractivity contribution in [1.29, 1.82) is 0 Å². The number of benzene rings is 1. The number of rotatable bonds is 5. The normalized spacial score (nSPS) is 18.0. The van der Waals surface area contributed by atoms with Crippen molar-refractivity contribution in [3.8, 4) is 0 Å². The van der Waals surface area contributed by atoms with E-state index in [1.54, 1.807) is 18.2 Å². The molecule has 0 saturated carbocycles. The Balaban J connectivity index is 2.28. The molecule has 1 amide bonds.